The van der Waals surface area contributed by atoms with Crippen molar-refractivity contribution in [1.29, 1.82) is 0 Å². The molecule has 2 amide bonds. The lowest BCUT2D eigenvalue weighted by Gasteiger charge is -2.26. The SMILES string of the molecule is Cc1ccc(C(=O)NCC(=O)N(CCC(=O)O)C(C)C)cc1C. The molecule has 1 aromatic rings. The van der Waals surface area contributed by atoms with Gasteiger partial charge < -0.3 is 15.3 Å². The van der Waals surface area contributed by atoms with Gasteiger partial charge in [0.1, 0.15) is 0 Å². The topological polar surface area (TPSA) is 86.7 Å². The van der Waals surface area contributed by atoms with Gasteiger partial charge in [0, 0.05) is 18.2 Å². The van der Waals surface area contributed by atoms with Crippen LogP contribution in [0.4, 0.5) is 0 Å². The molecule has 2 N–H and O–H groups in total. The average Bonchev–Trinajstić information content (AvgIpc) is 2.47. The zero-order valence-electron chi connectivity index (χ0n) is 14.0. The number of carboxylic acid groups (broad SMARTS) is 1. The summed E-state index contributed by atoms with van der Waals surface area (Å²) in [5.74, 6) is -1.57. The van der Waals surface area contributed by atoms with Crippen LogP contribution in [0, 0.1) is 13.8 Å². The molecule has 0 aliphatic heterocycles. The summed E-state index contributed by atoms with van der Waals surface area (Å²) in [6.45, 7) is 7.48. The second-order valence-electron chi connectivity index (χ2n) is 5.81. The van der Waals surface area contributed by atoms with E-state index in [0.717, 1.165) is 11.1 Å². The van der Waals surface area contributed by atoms with Gasteiger partial charge in [-0.15, -0.1) is 0 Å². The molecule has 6 nitrogen and oxygen atoms in total. The van der Waals surface area contributed by atoms with Gasteiger partial charge in [-0.05, 0) is 51.0 Å². The van der Waals surface area contributed by atoms with E-state index in [9.17, 15) is 14.4 Å². The number of nitrogens with one attached hydrogen (secondary N) is 1. The quantitative estimate of drug-likeness (QED) is 0.801. The van der Waals surface area contributed by atoms with Crippen molar-refractivity contribution in [2.75, 3.05) is 13.1 Å². The number of aliphatic carboxylic acids is 1. The molecular weight excluding hydrogens is 296 g/mol. The van der Waals surface area contributed by atoms with E-state index in [1.165, 1.54) is 4.90 Å². The maximum absolute atomic E-state index is 12.2. The Labute approximate surface area is 136 Å². The van der Waals surface area contributed by atoms with E-state index in [1.807, 2.05) is 33.8 Å². The molecule has 1 rings (SSSR count). The summed E-state index contributed by atoms with van der Waals surface area (Å²) in [4.78, 5) is 36.4. The number of benzene rings is 1. The Morgan fingerprint density at radius 3 is 2.35 bits per heavy atom. The normalized spacial score (nSPS) is 10.5. The molecule has 0 bridgehead atoms. The molecule has 126 valence electrons. The number of hydrogen-bond donors (Lipinski definition) is 2. The summed E-state index contributed by atoms with van der Waals surface area (Å²) in [5, 5.41) is 11.3. The van der Waals surface area contributed by atoms with Crippen LogP contribution in [0.1, 0.15) is 41.8 Å². The molecule has 0 spiro atoms. The first kappa shape index (κ1) is 18.7. The molecule has 1 aromatic carbocycles. The lowest BCUT2D eigenvalue weighted by atomic mass is 10.1. The number of amides is 2. The van der Waals surface area contributed by atoms with Crippen LogP contribution in [0.25, 0.3) is 0 Å². The Kier molecular flexibility index (Phi) is 6.75. The molecule has 0 heterocycles. The highest BCUT2D eigenvalue weighted by molar-refractivity contribution is 5.96. The van der Waals surface area contributed by atoms with Crippen LogP contribution in [0.3, 0.4) is 0 Å². The number of aryl methyl sites for hydroxylation is 2. The summed E-state index contributed by atoms with van der Waals surface area (Å²) in [6.07, 6.45) is -0.116. The van der Waals surface area contributed by atoms with Crippen LogP contribution in [-0.2, 0) is 9.59 Å². The number of carbonyl (C=O) groups excluding carboxylic acids is 2. The number of rotatable bonds is 7. The van der Waals surface area contributed by atoms with Crippen molar-refractivity contribution in [3.8, 4) is 0 Å². The zero-order chi connectivity index (χ0) is 17.6. The third kappa shape index (κ3) is 5.73. The Hall–Kier alpha value is -2.37. The van der Waals surface area contributed by atoms with E-state index in [2.05, 4.69) is 5.32 Å². The van der Waals surface area contributed by atoms with Crippen molar-refractivity contribution in [1.82, 2.24) is 10.2 Å². The molecule has 0 atom stereocenters. The minimum absolute atomic E-state index is 0.116. The van der Waals surface area contributed by atoms with E-state index >= 15 is 0 Å². The Morgan fingerprint density at radius 1 is 1.17 bits per heavy atom. The molecule has 0 radical (unpaired) electrons. The summed E-state index contributed by atoms with van der Waals surface area (Å²) >= 11 is 0. The summed E-state index contributed by atoms with van der Waals surface area (Å²) in [5.41, 5.74) is 2.61. The fourth-order valence-electron chi connectivity index (χ4n) is 2.13. The molecule has 0 saturated heterocycles. The summed E-state index contributed by atoms with van der Waals surface area (Å²) in [7, 11) is 0. The van der Waals surface area contributed by atoms with Gasteiger partial charge in [0.15, 0.2) is 0 Å². The average molecular weight is 320 g/mol. The fourth-order valence-corrected chi connectivity index (χ4v) is 2.13. The van der Waals surface area contributed by atoms with Crippen LogP contribution < -0.4 is 5.32 Å². The molecular formula is C17H24N2O4. The van der Waals surface area contributed by atoms with Gasteiger partial charge in [-0.1, -0.05) is 6.07 Å². The minimum Gasteiger partial charge on any atom is -0.481 e. The number of nitrogens with zero attached hydrogens (tertiary/aromatic N) is 1. The van der Waals surface area contributed by atoms with E-state index in [0.29, 0.717) is 5.56 Å². The first-order valence-electron chi connectivity index (χ1n) is 7.59. The van der Waals surface area contributed by atoms with Gasteiger partial charge in [0.05, 0.1) is 13.0 Å². The van der Waals surface area contributed by atoms with Crippen molar-refractivity contribution in [2.24, 2.45) is 0 Å². The van der Waals surface area contributed by atoms with E-state index in [4.69, 9.17) is 5.11 Å². The molecule has 0 aromatic heterocycles. The van der Waals surface area contributed by atoms with E-state index < -0.39 is 5.97 Å². The van der Waals surface area contributed by atoms with Crippen LogP contribution in [0.2, 0.25) is 0 Å². The molecule has 0 aliphatic carbocycles. The van der Waals surface area contributed by atoms with Crippen molar-refractivity contribution in [3.05, 3.63) is 34.9 Å². The van der Waals surface area contributed by atoms with Crippen molar-refractivity contribution in [2.45, 2.75) is 40.2 Å². The molecule has 0 saturated carbocycles. The Balaban J connectivity index is 2.63. The third-order valence-electron chi connectivity index (χ3n) is 3.68. The maximum Gasteiger partial charge on any atom is 0.305 e. The van der Waals surface area contributed by atoms with Gasteiger partial charge in [-0.2, -0.15) is 0 Å². The van der Waals surface area contributed by atoms with Crippen LogP contribution in [-0.4, -0.2) is 46.9 Å². The van der Waals surface area contributed by atoms with Gasteiger partial charge in [0.2, 0.25) is 5.91 Å². The lowest BCUT2D eigenvalue weighted by molar-refractivity contribution is -0.138. The molecule has 23 heavy (non-hydrogen) atoms. The van der Waals surface area contributed by atoms with Gasteiger partial charge in [-0.25, -0.2) is 0 Å². The fraction of sp³-hybridized carbons (Fsp3) is 0.471. The van der Waals surface area contributed by atoms with Gasteiger partial charge in [0.25, 0.3) is 5.91 Å². The molecule has 0 fully saturated rings. The highest BCUT2D eigenvalue weighted by Gasteiger charge is 2.18. The largest absolute Gasteiger partial charge is 0.481 e. The third-order valence-corrected chi connectivity index (χ3v) is 3.68. The molecule has 0 unspecified atom stereocenters. The molecule has 0 aliphatic rings. The van der Waals surface area contributed by atoms with Crippen LogP contribution in [0.15, 0.2) is 18.2 Å². The minimum atomic E-state index is -0.956. The van der Waals surface area contributed by atoms with Crippen molar-refractivity contribution >= 4 is 17.8 Å². The highest BCUT2D eigenvalue weighted by atomic mass is 16.4. The lowest BCUT2D eigenvalue weighted by Crippen LogP contribution is -2.44. The van der Waals surface area contributed by atoms with Crippen molar-refractivity contribution in [3.63, 3.8) is 0 Å². The van der Waals surface area contributed by atoms with Crippen LogP contribution >= 0.6 is 0 Å². The standard InChI is InChI=1S/C17H24N2O4/c1-11(2)19(8-7-16(21)22)15(20)10-18-17(23)14-6-5-12(3)13(4)9-14/h5-6,9,11H,7-8,10H2,1-4H3,(H,18,23)(H,21,22). The van der Waals surface area contributed by atoms with Crippen molar-refractivity contribution < 1.29 is 19.5 Å². The monoisotopic (exact) mass is 320 g/mol. The predicted molar refractivity (Wildman–Crippen MR) is 87.4 cm³/mol. The highest BCUT2D eigenvalue weighted by Crippen LogP contribution is 2.09. The smallest absolute Gasteiger partial charge is 0.305 e. The second kappa shape index (κ2) is 8.31. The van der Waals surface area contributed by atoms with Gasteiger partial charge in [-0.3, -0.25) is 14.4 Å². The zero-order valence-corrected chi connectivity index (χ0v) is 14.0. The van der Waals surface area contributed by atoms with Crippen LogP contribution in [0.5, 0.6) is 0 Å². The first-order chi connectivity index (χ1) is 10.7. The van der Waals surface area contributed by atoms with E-state index in [-0.39, 0.29) is 37.4 Å². The molecule has 6 heteroatoms. The Bertz CT molecular complexity index is 596. The predicted octanol–water partition coefficient (Wildman–Crippen LogP) is 1.74. The summed E-state index contributed by atoms with van der Waals surface area (Å²) in [6, 6.07) is 5.23. The number of carbonyl (C=O) groups is 3. The Morgan fingerprint density at radius 2 is 1.83 bits per heavy atom. The second-order valence-corrected chi connectivity index (χ2v) is 5.81. The number of hydrogen-bond acceptors (Lipinski definition) is 3. The first-order valence-corrected chi connectivity index (χ1v) is 7.59. The number of carboxylic acids is 1. The van der Waals surface area contributed by atoms with Gasteiger partial charge >= 0.3 is 5.97 Å². The van der Waals surface area contributed by atoms with E-state index in [1.54, 1.807) is 12.1 Å². The summed E-state index contributed by atoms with van der Waals surface area (Å²) < 4.78 is 0. The maximum atomic E-state index is 12.2.